The zero-order chi connectivity index (χ0) is 6.62. The molecule has 4 heteroatoms. The summed E-state index contributed by atoms with van der Waals surface area (Å²) in [6, 6.07) is 0. The van der Waals surface area contributed by atoms with Gasteiger partial charge in [-0.05, 0) is 0 Å². The molecular weight excluding hydrogens is 110 g/mol. The summed E-state index contributed by atoms with van der Waals surface area (Å²) < 4.78 is 0. The Kier molecular flexibility index (Phi) is 2.60. The summed E-state index contributed by atoms with van der Waals surface area (Å²) in [4.78, 5) is 9.84. The largest absolute Gasteiger partial charge is 0.394 e. The van der Waals surface area contributed by atoms with E-state index in [1.54, 1.807) is 0 Å². The van der Waals surface area contributed by atoms with E-state index in [2.05, 4.69) is 0 Å². The van der Waals surface area contributed by atoms with Gasteiger partial charge >= 0.3 is 0 Å². The van der Waals surface area contributed by atoms with Crippen molar-refractivity contribution in [3.05, 3.63) is 0 Å². The molecule has 0 radical (unpaired) electrons. The van der Waals surface area contributed by atoms with Gasteiger partial charge in [-0.2, -0.15) is 0 Å². The van der Waals surface area contributed by atoms with Crippen molar-refractivity contribution in [2.75, 3.05) is 13.2 Å². The minimum atomic E-state index is -1.44. The second kappa shape index (κ2) is 2.76. The van der Waals surface area contributed by atoms with Crippen molar-refractivity contribution in [1.29, 1.82) is 0 Å². The molecule has 0 aliphatic heterocycles. The van der Waals surface area contributed by atoms with Gasteiger partial charge in [-0.25, -0.2) is 0 Å². The molecule has 0 saturated carbocycles. The molecule has 0 aromatic carbocycles. The molecule has 0 fully saturated rings. The maximum Gasteiger partial charge on any atom is 0.144 e. The van der Waals surface area contributed by atoms with Crippen LogP contribution in [-0.4, -0.2) is 35.3 Å². The number of hydrogen-bond acceptors (Lipinski definition) is 4. The van der Waals surface area contributed by atoms with Gasteiger partial charge in [-0.3, -0.25) is 0 Å². The first-order chi connectivity index (χ1) is 3.68. The molecule has 0 amide bonds. The van der Waals surface area contributed by atoms with Crippen molar-refractivity contribution in [1.82, 2.24) is 0 Å². The summed E-state index contributed by atoms with van der Waals surface area (Å²) in [5.74, 6) is 0. The van der Waals surface area contributed by atoms with E-state index >= 15 is 0 Å². The fourth-order valence-corrected chi connectivity index (χ4v) is 0.125. The SMILES string of the molecule is NC(C=O)(CO)CO. The van der Waals surface area contributed by atoms with Crippen LogP contribution in [0.25, 0.3) is 0 Å². The second-order valence-electron chi connectivity index (χ2n) is 1.67. The topological polar surface area (TPSA) is 83.6 Å². The summed E-state index contributed by atoms with van der Waals surface area (Å²) in [6.45, 7) is -1.04. The lowest BCUT2D eigenvalue weighted by molar-refractivity contribution is -0.114. The lowest BCUT2D eigenvalue weighted by Crippen LogP contribution is -2.48. The third-order valence-corrected chi connectivity index (χ3v) is 0.823. The predicted molar refractivity (Wildman–Crippen MR) is 27.2 cm³/mol. The molecule has 0 heterocycles. The van der Waals surface area contributed by atoms with Crippen LogP contribution in [0.15, 0.2) is 0 Å². The zero-order valence-electron chi connectivity index (χ0n) is 4.37. The standard InChI is InChI=1S/C4H9NO3/c5-4(1-6,2-7)3-8/h1,7-8H,2-3,5H2. The van der Waals surface area contributed by atoms with Crippen LogP contribution in [0.1, 0.15) is 0 Å². The Morgan fingerprint density at radius 2 is 1.88 bits per heavy atom. The lowest BCUT2D eigenvalue weighted by atomic mass is 10.1. The van der Waals surface area contributed by atoms with Crippen molar-refractivity contribution in [3.8, 4) is 0 Å². The minimum absolute atomic E-state index is 0.326. The third kappa shape index (κ3) is 1.57. The Hall–Kier alpha value is -0.450. The summed E-state index contributed by atoms with van der Waals surface area (Å²) in [7, 11) is 0. The highest BCUT2D eigenvalue weighted by Crippen LogP contribution is 1.89. The average molecular weight is 119 g/mol. The van der Waals surface area contributed by atoms with Crippen LogP contribution in [0.5, 0.6) is 0 Å². The molecule has 48 valence electrons. The number of carbonyl (C=O) groups excluding carboxylic acids is 1. The summed E-state index contributed by atoms with van der Waals surface area (Å²) >= 11 is 0. The number of carbonyl (C=O) groups is 1. The van der Waals surface area contributed by atoms with Crippen molar-refractivity contribution < 1.29 is 15.0 Å². The number of nitrogens with two attached hydrogens (primary N) is 1. The second-order valence-corrected chi connectivity index (χ2v) is 1.67. The van der Waals surface area contributed by atoms with Gasteiger partial charge in [0.15, 0.2) is 0 Å². The Labute approximate surface area is 46.9 Å². The van der Waals surface area contributed by atoms with Crippen molar-refractivity contribution in [2.24, 2.45) is 5.73 Å². The molecule has 8 heavy (non-hydrogen) atoms. The van der Waals surface area contributed by atoms with E-state index in [1.165, 1.54) is 0 Å². The van der Waals surface area contributed by atoms with Gasteiger partial charge < -0.3 is 20.7 Å². The van der Waals surface area contributed by atoms with Crippen molar-refractivity contribution in [2.45, 2.75) is 5.54 Å². The monoisotopic (exact) mass is 119 g/mol. The summed E-state index contributed by atoms with van der Waals surface area (Å²) in [5.41, 5.74) is 3.58. The number of rotatable bonds is 3. The van der Waals surface area contributed by atoms with E-state index in [4.69, 9.17) is 15.9 Å². The number of aliphatic hydroxyl groups excluding tert-OH is 2. The van der Waals surface area contributed by atoms with Gasteiger partial charge in [-0.1, -0.05) is 0 Å². The van der Waals surface area contributed by atoms with E-state index in [9.17, 15) is 4.79 Å². The van der Waals surface area contributed by atoms with Gasteiger partial charge in [0.25, 0.3) is 0 Å². The zero-order valence-corrected chi connectivity index (χ0v) is 4.37. The maximum atomic E-state index is 9.84. The molecule has 0 aliphatic rings. The molecule has 0 saturated heterocycles. The molecule has 0 rings (SSSR count). The molecule has 4 N–H and O–H groups in total. The molecular formula is C4H9NO3. The van der Waals surface area contributed by atoms with Crippen LogP contribution in [0.2, 0.25) is 0 Å². The van der Waals surface area contributed by atoms with Gasteiger partial charge in [0.2, 0.25) is 0 Å². The molecule has 0 atom stereocenters. The van der Waals surface area contributed by atoms with Gasteiger partial charge in [-0.15, -0.1) is 0 Å². The van der Waals surface area contributed by atoms with Crippen LogP contribution in [-0.2, 0) is 4.79 Å². The quantitative estimate of drug-likeness (QED) is 0.370. The van der Waals surface area contributed by atoms with Crippen LogP contribution in [0, 0.1) is 0 Å². The first kappa shape index (κ1) is 7.55. The van der Waals surface area contributed by atoms with E-state index in [-0.39, 0.29) is 0 Å². The van der Waals surface area contributed by atoms with E-state index in [1.807, 2.05) is 0 Å². The maximum absolute atomic E-state index is 9.84. The number of aliphatic hydroxyl groups is 2. The molecule has 0 aromatic heterocycles. The number of aldehydes is 1. The van der Waals surface area contributed by atoms with Crippen molar-refractivity contribution in [3.63, 3.8) is 0 Å². The van der Waals surface area contributed by atoms with E-state index in [0.717, 1.165) is 0 Å². The highest BCUT2D eigenvalue weighted by molar-refractivity contribution is 5.64. The predicted octanol–water partition coefficient (Wildman–Crippen LogP) is -2.13. The normalized spacial score (nSPS) is 11.4. The van der Waals surface area contributed by atoms with Gasteiger partial charge in [0.1, 0.15) is 11.8 Å². The molecule has 0 bridgehead atoms. The van der Waals surface area contributed by atoms with Crippen LogP contribution in [0.4, 0.5) is 0 Å². The summed E-state index contributed by atoms with van der Waals surface area (Å²) in [5, 5.41) is 16.5. The third-order valence-electron chi connectivity index (χ3n) is 0.823. The minimum Gasteiger partial charge on any atom is -0.394 e. The van der Waals surface area contributed by atoms with E-state index < -0.39 is 18.8 Å². The Morgan fingerprint density at radius 3 is 1.88 bits per heavy atom. The Bertz CT molecular complexity index is 79.4. The van der Waals surface area contributed by atoms with Gasteiger partial charge in [0.05, 0.1) is 13.2 Å². The van der Waals surface area contributed by atoms with Crippen LogP contribution >= 0.6 is 0 Å². The van der Waals surface area contributed by atoms with Crippen LogP contribution < -0.4 is 5.73 Å². The first-order valence-corrected chi connectivity index (χ1v) is 2.15. The Balaban J connectivity index is 3.76. The number of hydrogen-bond donors (Lipinski definition) is 3. The fraction of sp³-hybridized carbons (Fsp3) is 0.750. The Morgan fingerprint density at radius 1 is 1.50 bits per heavy atom. The summed E-state index contributed by atoms with van der Waals surface area (Å²) in [6.07, 6.45) is 0.326. The molecule has 4 nitrogen and oxygen atoms in total. The van der Waals surface area contributed by atoms with Crippen LogP contribution in [0.3, 0.4) is 0 Å². The van der Waals surface area contributed by atoms with E-state index in [0.29, 0.717) is 6.29 Å². The fourth-order valence-electron chi connectivity index (χ4n) is 0.125. The first-order valence-electron chi connectivity index (χ1n) is 2.15. The average Bonchev–Trinajstić information content (AvgIpc) is 1.87. The smallest absolute Gasteiger partial charge is 0.144 e. The molecule has 0 aliphatic carbocycles. The molecule has 0 spiro atoms. The highest BCUT2D eigenvalue weighted by atomic mass is 16.3. The lowest BCUT2D eigenvalue weighted by Gasteiger charge is -2.14. The van der Waals surface area contributed by atoms with Crippen molar-refractivity contribution >= 4 is 6.29 Å². The van der Waals surface area contributed by atoms with Gasteiger partial charge in [0, 0.05) is 0 Å². The molecule has 0 aromatic rings. The highest BCUT2D eigenvalue weighted by Gasteiger charge is 2.20. The molecule has 0 unspecified atom stereocenters.